The van der Waals surface area contributed by atoms with Crippen molar-refractivity contribution in [3.05, 3.63) is 41.9 Å². The summed E-state index contributed by atoms with van der Waals surface area (Å²) in [6.07, 6.45) is 4.63. The molecule has 5 heteroatoms. The van der Waals surface area contributed by atoms with Gasteiger partial charge < -0.3 is 10.2 Å². The van der Waals surface area contributed by atoms with Crippen LogP contribution in [0.15, 0.2) is 30.6 Å². The van der Waals surface area contributed by atoms with Gasteiger partial charge >= 0.3 is 0 Å². The summed E-state index contributed by atoms with van der Waals surface area (Å²) >= 11 is 0. The summed E-state index contributed by atoms with van der Waals surface area (Å²) in [5.41, 5.74) is 2.26. The van der Waals surface area contributed by atoms with Gasteiger partial charge in [-0.05, 0) is 37.0 Å². The van der Waals surface area contributed by atoms with E-state index < -0.39 is 0 Å². The Labute approximate surface area is 132 Å². The van der Waals surface area contributed by atoms with E-state index in [9.17, 15) is 0 Å². The molecule has 0 radical (unpaired) electrons. The Morgan fingerprint density at radius 2 is 1.91 bits per heavy atom. The van der Waals surface area contributed by atoms with Crippen LogP contribution in [0.3, 0.4) is 0 Å². The smallest absolute Gasteiger partial charge is 0.224 e. The number of aryl methyl sites for hydroxylation is 1. The molecule has 1 N–H and O–H groups in total. The van der Waals surface area contributed by atoms with Crippen molar-refractivity contribution in [2.75, 3.05) is 30.4 Å². The summed E-state index contributed by atoms with van der Waals surface area (Å²) in [6.45, 7) is 8.13. The van der Waals surface area contributed by atoms with Crippen LogP contribution in [0, 0.1) is 12.8 Å². The molecule has 2 heterocycles. The van der Waals surface area contributed by atoms with E-state index in [4.69, 9.17) is 0 Å². The van der Waals surface area contributed by atoms with Crippen LogP contribution >= 0.6 is 0 Å². The lowest BCUT2D eigenvalue weighted by Crippen LogP contribution is -2.22. The Morgan fingerprint density at radius 3 is 2.59 bits per heavy atom. The first-order chi connectivity index (χ1) is 10.5. The molecule has 2 aromatic heterocycles. The Bertz CT molecular complexity index is 583. The van der Waals surface area contributed by atoms with E-state index in [1.165, 1.54) is 5.56 Å². The molecule has 0 atom stereocenters. The molecule has 0 bridgehead atoms. The second kappa shape index (κ2) is 7.73. The number of pyridine rings is 1. The Hall–Kier alpha value is -2.17. The fourth-order valence-corrected chi connectivity index (χ4v) is 2.08. The first-order valence-electron chi connectivity index (χ1n) is 7.74. The van der Waals surface area contributed by atoms with E-state index in [-0.39, 0.29) is 0 Å². The van der Waals surface area contributed by atoms with Crippen LogP contribution < -0.4 is 10.2 Å². The van der Waals surface area contributed by atoms with Gasteiger partial charge in [0.15, 0.2) is 0 Å². The quantitative estimate of drug-likeness (QED) is 0.852. The summed E-state index contributed by atoms with van der Waals surface area (Å²) in [6, 6.07) is 6.12. The highest BCUT2D eigenvalue weighted by atomic mass is 15.2. The molecule has 0 aliphatic heterocycles. The van der Waals surface area contributed by atoms with Crippen LogP contribution in [0.2, 0.25) is 0 Å². The lowest BCUT2D eigenvalue weighted by atomic mass is 10.2. The molecule has 0 spiro atoms. The van der Waals surface area contributed by atoms with E-state index in [2.05, 4.69) is 58.2 Å². The zero-order chi connectivity index (χ0) is 15.9. The topological polar surface area (TPSA) is 53.9 Å². The van der Waals surface area contributed by atoms with Crippen molar-refractivity contribution >= 4 is 11.8 Å². The number of hydrogen-bond acceptors (Lipinski definition) is 5. The summed E-state index contributed by atoms with van der Waals surface area (Å²) < 4.78 is 0. The minimum Gasteiger partial charge on any atom is -0.359 e. The second-order valence-corrected chi connectivity index (χ2v) is 5.99. The van der Waals surface area contributed by atoms with Crippen LogP contribution in [0.1, 0.15) is 25.1 Å². The minimum absolute atomic E-state index is 0.567. The van der Waals surface area contributed by atoms with E-state index in [0.717, 1.165) is 31.0 Å². The zero-order valence-corrected chi connectivity index (χ0v) is 13.9. The zero-order valence-electron chi connectivity index (χ0n) is 13.9. The Morgan fingerprint density at radius 1 is 1.18 bits per heavy atom. The maximum atomic E-state index is 4.61. The van der Waals surface area contributed by atoms with Crippen molar-refractivity contribution in [2.24, 2.45) is 5.92 Å². The molecule has 0 amide bonds. The average Bonchev–Trinajstić information content (AvgIpc) is 2.51. The van der Waals surface area contributed by atoms with Crippen molar-refractivity contribution in [1.82, 2.24) is 15.0 Å². The Kier molecular flexibility index (Phi) is 5.69. The van der Waals surface area contributed by atoms with Crippen molar-refractivity contribution in [2.45, 2.75) is 27.2 Å². The maximum Gasteiger partial charge on any atom is 0.224 e. The third kappa shape index (κ3) is 4.98. The fraction of sp³-hybridized carbons (Fsp3) is 0.471. The first kappa shape index (κ1) is 16.2. The molecular formula is C17H25N5. The van der Waals surface area contributed by atoms with E-state index in [0.29, 0.717) is 11.9 Å². The lowest BCUT2D eigenvalue weighted by Gasteiger charge is -2.19. The van der Waals surface area contributed by atoms with Gasteiger partial charge in [0, 0.05) is 44.3 Å². The highest BCUT2D eigenvalue weighted by Gasteiger charge is 2.07. The van der Waals surface area contributed by atoms with Crippen molar-refractivity contribution in [1.29, 1.82) is 0 Å². The van der Waals surface area contributed by atoms with Crippen molar-refractivity contribution < 1.29 is 0 Å². The van der Waals surface area contributed by atoms with Gasteiger partial charge in [0.1, 0.15) is 5.82 Å². The van der Waals surface area contributed by atoms with Crippen LogP contribution in [0.25, 0.3) is 0 Å². The minimum atomic E-state index is 0.567. The van der Waals surface area contributed by atoms with Crippen molar-refractivity contribution in [3.8, 4) is 0 Å². The molecule has 118 valence electrons. The molecule has 0 aliphatic carbocycles. The third-order valence-corrected chi connectivity index (χ3v) is 3.39. The number of rotatable bonds is 7. The molecule has 0 saturated carbocycles. The fourth-order valence-electron chi connectivity index (χ4n) is 2.08. The number of aromatic nitrogens is 3. The molecular weight excluding hydrogens is 274 g/mol. The van der Waals surface area contributed by atoms with Gasteiger partial charge in [-0.2, -0.15) is 4.98 Å². The van der Waals surface area contributed by atoms with Gasteiger partial charge in [-0.25, -0.2) is 4.98 Å². The predicted molar refractivity (Wildman–Crippen MR) is 91.3 cm³/mol. The van der Waals surface area contributed by atoms with Crippen LogP contribution in [0.4, 0.5) is 11.8 Å². The van der Waals surface area contributed by atoms with Crippen LogP contribution in [-0.4, -0.2) is 35.1 Å². The molecule has 2 rings (SSSR count). The van der Waals surface area contributed by atoms with Gasteiger partial charge in [-0.15, -0.1) is 0 Å². The van der Waals surface area contributed by atoms with Gasteiger partial charge in [-0.3, -0.25) is 4.98 Å². The molecule has 2 aromatic rings. The molecule has 0 unspecified atom stereocenters. The summed E-state index contributed by atoms with van der Waals surface area (Å²) in [5, 5.41) is 3.30. The van der Waals surface area contributed by atoms with Gasteiger partial charge in [-0.1, -0.05) is 13.8 Å². The molecule has 0 saturated heterocycles. The Balaban J connectivity index is 2.00. The van der Waals surface area contributed by atoms with Crippen LogP contribution in [-0.2, 0) is 6.42 Å². The summed E-state index contributed by atoms with van der Waals surface area (Å²) in [5.74, 6) is 2.23. The number of nitrogens with zero attached hydrogens (tertiary/aromatic N) is 4. The molecule has 22 heavy (non-hydrogen) atoms. The summed E-state index contributed by atoms with van der Waals surface area (Å²) in [4.78, 5) is 15.3. The third-order valence-electron chi connectivity index (χ3n) is 3.39. The molecule has 0 fully saturated rings. The van der Waals surface area contributed by atoms with Gasteiger partial charge in [0.25, 0.3) is 0 Å². The predicted octanol–water partition coefficient (Wildman–Crippen LogP) is 2.93. The van der Waals surface area contributed by atoms with E-state index >= 15 is 0 Å². The average molecular weight is 299 g/mol. The number of likely N-dealkylation sites (N-methyl/N-ethyl adjacent to an activating group) is 1. The highest BCUT2D eigenvalue weighted by molar-refractivity contribution is 5.44. The highest BCUT2D eigenvalue weighted by Crippen LogP contribution is 2.14. The van der Waals surface area contributed by atoms with Gasteiger partial charge in [0.2, 0.25) is 5.95 Å². The van der Waals surface area contributed by atoms with Crippen LogP contribution in [0.5, 0.6) is 0 Å². The summed E-state index contributed by atoms with van der Waals surface area (Å²) in [7, 11) is 2.06. The standard InChI is InChI=1S/C17H25N5/c1-13(2)12-19-17-20-14(3)11-16(21-17)22(4)10-7-15-5-8-18-9-6-15/h5-6,8-9,11,13H,7,10,12H2,1-4H3,(H,19,20,21). The SMILES string of the molecule is Cc1cc(N(C)CCc2ccncc2)nc(NCC(C)C)n1. The number of anilines is 2. The van der Waals surface area contributed by atoms with E-state index in [1.807, 2.05) is 25.4 Å². The van der Waals surface area contributed by atoms with Gasteiger partial charge in [0.05, 0.1) is 0 Å². The van der Waals surface area contributed by atoms with E-state index in [1.54, 1.807) is 0 Å². The molecule has 0 aliphatic rings. The van der Waals surface area contributed by atoms with Crippen molar-refractivity contribution in [3.63, 3.8) is 0 Å². The molecule has 5 nitrogen and oxygen atoms in total. The number of hydrogen-bond donors (Lipinski definition) is 1. The molecule has 0 aromatic carbocycles. The largest absolute Gasteiger partial charge is 0.359 e. The lowest BCUT2D eigenvalue weighted by molar-refractivity contribution is 0.684. The maximum absolute atomic E-state index is 4.61. The first-order valence-corrected chi connectivity index (χ1v) is 7.74. The second-order valence-electron chi connectivity index (χ2n) is 5.99. The monoisotopic (exact) mass is 299 g/mol. The number of nitrogens with one attached hydrogen (secondary N) is 1. The normalized spacial score (nSPS) is 10.8.